The Labute approximate surface area is 150 Å². The molecule has 0 aliphatic rings. The average molecular weight is 370 g/mol. The number of halogens is 1. The molecular weight excluding hydrogens is 357 g/mol. The SMILES string of the molecule is O=S([O-])Cc1nc(-c2nc(Cc3ccccc3F)c3ccccn23)n[nH]1. The van der Waals surface area contributed by atoms with E-state index in [1.807, 2.05) is 24.4 Å². The molecule has 0 bridgehead atoms. The Morgan fingerprint density at radius 1 is 1.15 bits per heavy atom. The van der Waals surface area contributed by atoms with Gasteiger partial charge in [0, 0.05) is 12.6 Å². The maximum absolute atomic E-state index is 14.0. The van der Waals surface area contributed by atoms with Gasteiger partial charge in [-0.15, -0.1) is 0 Å². The molecule has 4 rings (SSSR count). The van der Waals surface area contributed by atoms with Crippen LogP contribution in [-0.2, 0) is 23.3 Å². The molecule has 3 aromatic heterocycles. The normalized spacial score (nSPS) is 12.5. The van der Waals surface area contributed by atoms with Crippen LogP contribution in [0.5, 0.6) is 0 Å². The van der Waals surface area contributed by atoms with Gasteiger partial charge in [0.05, 0.1) is 17.0 Å². The molecule has 0 saturated carbocycles. The smallest absolute Gasteiger partial charge is 0.217 e. The summed E-state index contributed by atoms with van der Waals surface area (Å²) in [7, 11) is 0. The van der Waals surface area contributed by atoms with Crippen molar-refractivity contribution in [2.24, 2.45) is 0 Å². The third kappa shape index (κ3) is 3.14. The van der Waals surface area contributed by atoms with Crippen LogP contribution in [0.3, 0.4) is 0 Å². The number of aromatic nitrogens is 5. The van der Waals surface area contributed by atoms with E-state index in [1.54, 1.807) is 22.6 Å². The van der Waals surface area contributed by atoms with Crippen LogP contribution < -0.4 is 0 Å². The Balaban J connectivity index is 1.78. The summed E-state index contributed by atoms with van der Waals surface area (Å²) in [6.45, 7) is 0. The molecule has 1 unspecified atom stereocenters. The first-order chi connectivity index (χ1) is 12.6. The van der Waals surface area contributed by atoms with Gasteiger partial charge in [-0.3, -0.25) is 13.7 Å². The molecule has 1 aromatic carbocycles. The van der Waals surface area contributed by atoms with Crippen LogP contribution >= 0.6 is 0 Å². The molecule has 7 nitrogen and oxygen atoms in total. The van der Waals surface area contributed by atoms with Crippen molar-refractivity contribution < 1.29 is 13.2 Å². The van der Waals surface area contributed by atoms with Crippen molar-refractivity contribution in [3.63, 3.8) is 0 Å². The van der Waals surface area contributed by atoms with Crippen LogP contribution in [0.15, 0.2) is 48.7 Å². The van der Waals surface area contributed by atoms with Gasteiger partial charge in [0.2, 0.25) is 5.82 Å². The lowest BCUT2D eigenvalue weighted by molar-refractivity contribution is 0.535. The second-order valence-corrected chi connectivity index (χ2v) is 6.56. The minimum atomic E-state index is -2.26. The number of imidazole rings is 1. The number of hydrogen-bond acceptors (Lipinski definition) is 5. The molecule has 0 aliphatic carbocycles. The van der Waals surface area contributed by atoms with Crippen molar-refractivity contribution >= 4 is 16.6 Å². The fraction of sp³-hybridized carbons (Fsp3) is 0.118. The lowest BCUT2D eigenvalue weighted by atomic mass is 10.1. The molecule has 1 N–H and O–H groups in total. The minimum Gasteiger partial charge on any atom is -0.772 e. The summed E-state index contributed by atoms with van der Waals surface area (Å²) in [6.07, 6.45) is 2.13. The van der Waals surface area contributed by atoms with E-state index in [-0.39, 0.29) is 23.2 Å². The van der Waals surface area contributed by atoms with Crippen molar-refractivity contribution in [1.82, 2.24) is 24.6 Å². The molecule has 0 spiro atoms. The van der Waals surface area contributed by atoms with Gasteiger partial charge in [0.25, 0.3) is 0 Å². The van der Waals surface area contributed by atoms with Gasteiger partial charge in [-0.2, -0.15) is 5.10 Å². The fourth-order valence-electron chi connectivity index (χ4n) is 2.78. The number of nitrogens with zero attached hydrogens (tertiary/aromatic N) is 4. The van der Waals surface area contributed by atoms with Crippen LogP contribution in [0.4, 0.5) is 4.39 Å². The molecule has 1 atom stereocenters. The number of nitrogens with one attached hydrogen (secondary N) is 1. The number of pyridine rings is 1. The van der Waals surface area contributed by atoms with E-state index in [0.717, 1.165) is 5.52 Å². The highest BCUT2D eigenvalue weighted by Gasteiger charge is 2.17. The maximum Gasteiger partial charge on any atom is 0.217 e. The topological polar surface area (TPSA) is 99.0 Å². The molecule has 0 radical (unpaired) electrons. The number of fused-ring (bicyclic) bond motifs is 1. The second kappa shape index (κ2) is 6.77. The van der Waals surface area contributed by atoms with Gasteiger partial charge in [-0.05, 0) is 34.8 Å². The molecule has 0 amide bonds. The highest BCUT2D eigenvalue weighted by molar-refractivity contribution is 7.78. The summed E-state index contributed by atoms with van der Waals surface area (Å²) in [5, 5.41) is 6.66. The van der Waals surface area contributed by atoms with Crippen molar-refractivity contribution in [3.8, 4) is 11.6 Å². The molecule has 9 heteroatoms. The molecule has 0 aliphatic heterocycles. The van der Waals surface area contributed by atoms with Crippen molar-refractivity contribution in [3.05, 3.63) is 71.6 Å². The van der Waals surface area contributed by atoms with Crippen molar-refractivity contribution in [1.29, 1.82) is 0 Å². The first kappa shape index (κ1) is 16.6. The Kier molecular flexibility index (Phi) is 4.31. The van der Waals surface area contributed by atoms with Crippen molar-refractivity contribution in [2.75, 3.05) is 0 Å². The molecule has 0 saturated heterocycles. The van der Waals surface area contributed by atoms with Gasteiger partial charge < -0.3 is 4.55 Å². The lowest BCUT2D eigenvalue weighted by Gasteiger charge is -2.01. The quantitative estimate of drug-likeness (QED) is 0.543. The van der Waals surface area contributed by atoms with E-state index in [9.17, 15) is 13.2 Å². The molecule has 0 fully saturated rings. The lowest BCUT2D eigenvalue weighted by Crippen LogP contribution is -1.95. The maximum atomic E-state index is 14.0. The molecule has 26 heavy (non-hydrogen) atoms. The fourth-order valence-corrected chi connectivity index (χ4v) is 3.14. The van der Waals surface area contributed by atoms with E-state index in [2.05, 4.69) is 20.2 Å². The van der Waals surface area contributed by atoms with Crippen LogP contribution in [0.25, 0.3) is 17.2 Å². The third-order valence-electron chi connectivity index (χ3n) is 3.93. The predicted molar refractivity (Wildman–Crippen MR) is 92.4 cm³/mol. The number of H-pyrrole nitrogens is 1. The Bertz CT molecular complexity index is 1110. The first-order valence-corrected chi connectivity index (χ1v) is 9.03. The zero-order valence-electron chi connectivity index (χ0n) is 13.4. The standard InChI is InChI=1S/C17H14FN5O2S/c18-12-6-2-1-5-11(12)9-13-14-7-3-4-8-23(14)17(19-13)16-20-15(21-22-16)10-26(24)25/h1-8H,9-10H2,(H,24,25)(H,20,21,22)/p-1. The summed E-state index contributed by atoms with van der Waals surface area (Å²) in [5.74, 6) is 0.441. The summed E-state index contributed by atoms with van der Waals surface area (Å²) < 4.78 is 37.5. The van der Waals surface area contributed by atoms with Gasteiger partial charge in [0.15, 0.2) is 5.82 Å². The van der Waals surface area contributed by atoms with Gasteiger partial charge in [0.1, 0.15) is 11.6 Å². The first-order valence-electron chi connectivity index (χ1n) is 7.78. The van der Waals surface area contributed by atoms with E-state index in [4.69, 9.17) is 0 Å². The summed E-state index contributed by atoms with van der Waals surface area (Å²) in [4.78, 5) is 8.78. The van der Waals surface area contributed by atoms with E-state index < -0.39 is 11.1 Å². The van der Waals surface area contributed by atoms with E-state index in [1.165, 1.54) is 6.07 Å². The zero-order valence-corrected chi connectivity index (χ0v) is 14.2. The highest BCUT2D eigenvalue weighted by atomic mass is 32.2. The summed E-state index contributed by atoms with van der Waals surface area (Å²) in [6, 6.07) is 12.2. The number of aromatic amines is 1. The second-order valence-electron chi connectivity index (χ2n) is 5.66. The minimum absolute atomic E-state index is 0.233. The summed E-state index contributed by atoms with van der Waals surface area (Å²) >= 11 is -2.26. The molecular formula is C17H13FN5O2S-. The Morgan fingerprint density at radius 3 is 2.77 bits per heavy atom. The third-order valence-corrected chi connectivity index (χ3v) is 4.44. The van der Waals surface area contributed by atoms with Crippen LogP contribution in [-0.4, -0.2) is 33.3 Å². The van der Waals surface area contributed by atoms with Gasteiger partial charge in [-0.25, -0.2) is 14.4 Å². The Hall–Kier alpha value is -2.91. The summed E-state index contributed by atoms with van der Waals surface area (Å²) in [5.41, 5.74) is 2.04. The van der Waals surface area contributed by atoms with E-state index >= 15 is 0 Å². The predicted octanol–water partition coefficient (Wildman–Crippen LogP) is 2.23. The van der Waals surface area contributed by atoms with Crippen LogP contribution in [0.2, 0.25) is 0 Å². The highest BCUT2D eigenvalue weighted by Crippen LogP contribution is 2.23. The monoisotopic (exact) mass is 370 g/mol. The van der Waals surface area contributed by atoms with Gasteiger partial charge >= 0.3 is 0 Å². The van der Waals surface area contributed by atoms with Crippen LogP contribution in [0.1, 0.15) is 17.1 Å². The molecule has 132 valence electrons. The molecule has 4 aromatic rings. The van der Waals surface area contributed by atoms with Crippen molar-refractivity contribution in [2.45, 2.75) is 12.2 Å². The van der Waals surface area contributed by atoms with Gasteiger partial charge in [-0.1, -0.05) is 24.3 Å². The largest absolute Gasteiger partial charge is 0.772 e. The van der Waals surface area contributed by atoms with Crippen LogP contribution in [0, 0.1) is 5.82 Å². The Morgan fingerprint density at radius 2 is 1.96 bits per heavy atom. The van der Waals surface area contributed by atoms with E-state index in [0.29, 0.717) is 23.5 Å². The number of rotatable bonds is 5. The molecule has 3 heterocycles. The number of benzene rings is 1. The zero-order chi connectivity index (χ0) is 18.1. The number of hydrogen-bond donors (Lipinski definition) is 1. The average Bonchev–Trinajstić information content (AvgIpc) is 3.21.